The summed E-state index contributed by atoms with van der Waals surface area (Å²) in [6.45, 7) is 3.91. The van der Waals surface area contributed by atoms with E-state index in [0.717, 1.165) is 28.4 Å². The van der Waals surface area contributed by atoms with Crippen molar-refractivity contribution in [3.63, 3.8) is 0 Å². The first-order chi connectivity index (χ1) is 13.2. The summed E-state index contributed by atoms with van der Waals surface area (Å²) in [4.78, 5) is 16.9. The van der Waals surface area contributed by atoms with E-state index in [0.29, 0.717) is 5.82 Å². The topological polar surface area (TPSA) is 81.4 Å². The molecule has 7 heteroatoms. The van der Waals surface area contributed by atoms with Crippen LogP contribution in [0.1, 0.15) is 35.9 Å². The van der Waals surface area contributed by atoms with Crippen LogP contribution in [0.3, 0.4) is 0 Å². The van der Waals surface area contributed by atoms with Crippen molar-refractivity contribution in [2.24, 2.45) is 4.99 Å². The lowest BCUT2D eigenvalue weighted by molar-refractivity contribution is 0.148. The van der Waals surface area contributed by atoms with E-state index >= 15 is 0 Å². The number of rotatable bonds is 3. The molecule has 1 aliphatic rings. The fraction of sp³-hybridized carbons (Fsp3) is 0.200. The maximum atomic E-state index is 12.1. The summed E-state index contributed by atoms with van der Waals surface area (Å²) in [6.07, 6.45) is -1.26. The van der Waals surface area contributed by atoms with Crippen molar-refractivity contribution in [1.82, 2.24) is 20.1 Å². The smallest absolute Gasteiger partial charge is 0.409 e. The lowest BCUT2D eigenvalue weighted by Crippen LogP contribution is -2.30. The third kappa shape index (κ3) is 3.08. The zero-order valence-corrected chi connectivity index (χ0v) is 15.1. The Hall–Kier alpha value is -3.48. The number of aromatic nitrogens is 3. The number of fused-ring (bicyclic) bond motifs is 3. The number of aliphatic imine (C=N–C) groups is 1. The first-order valence-electron chi connectivity index (χ1n) is 8.77. The molecule has 1 atom stereocenters. The number of nitrogens with zero attached hydrogens (tertiary/aromatic N) is 4. The van der Waals surface area contributed by atoms with E-state index in [9.17, 15) is 4.79 Å². The third-order valence-corrected chi connectivity index (χ3v) is 4.33. The number of alkyl carbamates (subject to hydrolysis) is 1. The van der Waals surface area contributed by atoms with E-state index in [2.05, 4.69) is 15.5 Å². The summed E-state index contributed by atoms with van der Waals surface area (Å²) in [5, 5.41) is 11.3. The first kappa shape index (κ1) is 17.0. The lowest BCUT2D eigenvalue weighted by Gasteiger charge is -2.14. The molecule has 2 heterocycles. The SMILES string of the molecule is CCOC(=O)NC1N=C(c2ccccc2)c2ccccc2-n2c(C)nnc21. The number of carbonyl (C=O) groups excluding carboxylic acids is 1. The van der Waals surface area contributed by atoms with Gasteiger partial charge in [-0.1, -0.05) is 48.5 Å². The largest absolute Gasteiger partial charge is 0.450 e. The van der Waals surface area contributed by atoms with E-state index in [1.54, 1.807) is 6.92 Å². The molecule has 0 saturated heterocycles. The van der Waals surface area contributed by atoms with Gasteiger partial charge >= 0.3 is 6.09 Å². The highest BCUT2D eigenvalue weighted by molar-refractivity contribution is 6.15. The Balaban J connectivity index is 1.93. The second-order valence-corrected chi connectivity index (χ2v) is 6.07. The van der Waals surface area contributed by atoms with Crippen LogP contribution in [0.15, 0.2) is 59.6 Å². The fourth-order valence-corrected chi connectivity index (χ4v) is 3.19. The minimum atomic E-state index is -0.715. The van der Waals surface area contributed by atoms with Gasteiger partial charge in [-0.2, -0.15) is 0 Å². The van der Waals surface area contributed by atoms with Crippen molar-refractivity contribution in [2.75, 3.05) is 6.61 Å². The Morgan fingerprint density at radius 1 is 1.11 bits per heavy atom. The van der Waals surface area contributed by atoms with Gasteiger partial charge in [0.1, 0.15) is 5.82 Å². The zero-order valence-electron chi connectivity index (χ0n) is 15.1. The number of para-hydroxylation sites is 1. The van der Waals surface area contributed by atoms with Crippen LogP contribution in [0.4, 0.5) is 4.79 Å². The van der Waals surface area contributed by atoms with Gasteiger partial charge in [0.15, 0.2) is 12.0 Å². The molecule has 3 aromatic rings. The molecule has 0 bridgehead atoms. The molecule has 0 radical (unpaired) electrons. The van der Waals surface area contributed by atoms with Crippen LogP contribution in [0.25, 0.3) is 5.69 Å². The van der Waals surface area contributed by atoms with Crippen LogP contribution in [-0.4, -0.2) is 33.2 Å². The molecule has 1 aliphatic heterocycles. The van der Waals surface area contributed by atoms with Gasteiger partial charge in [0.25, 0.3) is 0 Å². The van der Waals surface area contributed by atoms with E-state index in [1.807, 2.05) is 66.1 Å². The van der Waals surface area contributed by atoms with Gasteiger partial charge in [0.2, 0.25) is 0 Å². The van der Waals surface area contributed by atoms with Crippen molar-refractivity contribution in [3.8, 4) is 5.69 Å². The Bertz CT molecular complexity index is 1010. The van der Waals surface area contributed by atoms with E-state index in [-0.39, 0.29) is 6.61 Å². The monoisotopic (exact) mass is 361 g/mol. The summed E-state index contributed by atoms with van der Waals surface area (Å²) in [6, 6.07) is 17.8. The summed E-state index contributed by atoms with van der Waals surface area (Å²) in [7, 11) is 0. The third-order valence-electron chi connectivity index (χ3n) is 4.33. The number of benzene rings is 2. The van der Waals surface area contributed by atoms with Crippen molar-refractivity contribution in [1.29, 1.82) is 0 Å². The van der Waals surface area contributed by atoms with Crippen LogP contribution in [0.2, 0.25) is 0 Å². The van der Waals surface area contributed by atoms with Gasteiger partial charge in [-0.15, -0.1) is 10.2 Å². The van der Waals surface area contributed by atoms with Crippen molar-refractivity contribution < 1.29 is 9.53 Å². The fourth-order valence-electron chi connectivity index (χ4n) is 3.19. The average Bonchev–Trinajstić information content (AvgIpc) is 3.01. The van der Waals surface area contributed by atoms with Gasteiger partial charge in [0, 0.05) is 11.1 Å². The number of hydrogen-bond donors (Lipinski definition) is 1. The highest BCUT2D eigenvalue weighted by atomic mass is 16.5. The number of ether oxygens (including phenoxy) is 1. The zero-order chi connectivity index (χ0) is 18.8. The van der Waals surface area contributed by atoms with Gasteiger partial charge in [-0.25, -0.2) is 4.79 Å². The molecule has 1 amide bonds. The van der Waals surface area contributed by atoms with E-state index in [1.165, 1.54) is 0 Å². The van der Waals surface area contributed by atoms with E-state index in [4.69, 9.17) is 9.73 Å². The number of carbonyl (C=O) groups is 1. The van der Waals surface area contributed by atoms with Crippen molar-refractivity contribution >= 4 is 11.8 Å². The van der Waals surface area contributed by atoms with Crippen LogP contribution in [0.5, 0.6) is 0 Å². The molecule has 1 N–H and O–H groups in total. The standard InChI is InChI=1S/C20H19N5O2/c1-3-27-20(26)22-18-19-24-23-13(2)25(19)16-12-8-7-11-15(16)17(21-18)14-9-5-4-6-10-14/h4-12,18H,3H2,1-2H3,(H,22,26). The van der Waals surface area contributed by atoms with Crippen LogP contribution >= 0.6 is 0 Å². The summed E-state index contributed by atoms with van der Waals surface area (Å²) < 4.78 is 6.97. The quantitative estimate of drug-likeness (QED) is 0.777. The second-order valence-electron chi connectivity index (χ2n) is 6.07. The molecule has 4 rings (SSSR count). The molecule has 0 aliphatic carbocycles. The molecular weight excluding hydrogens is 342 g/mol. The van der Waals surface area contributed by atoms with Crippen LogP contribution in [-0.2, 0) is 4.74 Å². The number of nitrogens with one attached hydrogen (secondary N) is 1. The van der Waals surface area contributed by atoms with Gasteiger partial charge in [-0.3, -0.25) is 14.9 Å². The van der Waals surface area contributed by atoms with Crippen molar-refractivity contribution in [2.45, 2.75) is 20.0 Å². The maximum Gasteiger partial charge on any atom is 0.409 e. The molecule has 136 valence electrons. The second kappa shape index (κ2) is 7.03. The molecule has 7 nitrogen and oxygen atoms in total. The summed E-state index contributed by atoms with van der Waals surface area (Å²) >= 11 is 0. The minimum Gasteiger partial charge on any atom is -0.450 e. The average molecular weight is 361 g/mol. The van der Waals surface area contributed by atoms with Crippen molar-refractivity contribution in [3.05, 3.63) is 77.4 Å². The molecule has 2 aromatic carbocycles. The molecule has 27 heavy (non-hydrogen) atoms. The van der Waals surface area contributed by atoms with Crippen LogP contribution in [0, 0.1) is 6.92 Å². The first-order valence-corrected chi connectivity index (χ1v) is 8.77. The molecule has 0 fully saturated rings. The lowest BCUT2D eigenvalue weighted by atomic mass is 10.0. The highest BCUT2D eigenvalue weighted by Gasteiger charge is 2.29. The molecule has 0 saturated carbocycles. The van der Waals surface area contributed by atoms with Gasteiger partial charge < -0.3 is 4.74 Å². The molecule has 1 unspecified atom stereocenters. The van der Waals surface area contributed by atoms with Crippen LogP contribution < -0.4 is 5.32 Å². The number of hydrogen-bond acceptors (Lipinski definition) is 5. The van der Waals surface area contributed by atoms with Gasteiger partial charge in [-0.05, 0) is 19.9 Å². The Kier molecular flexibility index (Phi) is 4.42. The molecule has 0 spiro atoms. The number of aryl methyl sites for hydroxylation is 1. The van der Waals surface area contributed by atoms with E-state index < -0.39 is 12.3 Å². The normalized spacial score (nSPS) is 15.2. The number of amides is 1. The Morgan fingerprint density at radius 3 is 2.63 bits per heavy atom. The molecule has 1 aromatic heterocycles. The summed E-state index contributed by atoms with van der Waals surface area (Å²) in [5.74, 6) is 1.26. The highest BCUT2D eigenvalue weighted by Crippen LogP contribution is 2.29. The minimum absolute atomic E-state index is 0.278. The predicted octanol–water partition coefficient (Wildman–Crippen LogP) is 3.17. The molecular formula is C20H19N5O2. The predicted molar refractivity (Wildman–Crippen MR) is 101 cm³/mol. The summed E-state index contributed by atoms with van der Waals surface area (Å²) in [5.41, 5.74) is 3.60. The Morgan fingerprint density at radius 2 is 1.85 bits per heavy atom. The Labute approximate surface area is 156 Å². The maximum absolute atomic E-state index is 12.1. The van der Waals surface area contributed by atoms with Gasteiger partial charge in [0.05, 0.1) is 18.0 Å².